The molecule has 0 heterocycles. The number of hydrogen-bond acceptors (Lipinski definition) is 6. The zero-order valence-corrected chi connectivity index (χ0v) is 13.0. The minimum Gasteiger partial charge on any atom is -0.865 e. The normalized spacial score (nSPS) is 10.6. The molecule has 1 amide bonds. The fourth-order valence-corrected chi connectivity index (χ4v) is 1.90. The number of hydrazone groups is 1. The van der Waals surface area contributed by atoms with Crippen LogP contribution in [0.4, 0.5) is 5.69 Å². The number of ether oxygens (including phenoxy) is 1. The number of nitrogens with one attached hydrogen (secondary N) is 1. The maximum atomic E-state index is 11.9. The van der Waals surface area contributed by atoms with Crippen LogP contribution in [0.3, 0.4) is 0 Å². The molecule has 0 saturated carbocycles. The maximum absolute atomic E-state index is 11.9. The second-order valence-corrected chi connectivity index (χ2v) is 4.89. The van der Waals surface area contributed by atoms with E-state index in [1.807, 2.05) is 6.92 Å². The van der Waals surface area contributed by atoms with Crippen LogP contribution in [0, 0.1) is 17.0 Å². The van der Waals surface area contributed by atoms with E-state index in [1.165, 1.54) is 19.4 Å². The molecule has 0 unspecified atom stereocenters. The fraction of sp³-hybridized carbons (Fsp3) is 0.125. The lowest BCUT2D eigenvalue weighted by Crippen LogP contribution is -2.17. The van der Waals surface area contributed by atoms with Gasteiger partial charge in [0.2, 0.25) is 0 Å². The molecular formula is C16H14N3O5-. The Kier molecular flexibility index (Phi) is 5.10. The first-order chi connectivity index (χ1) is 11.4. The highest BCUT2D eigenvalue weighted by Gasteiger charge is 2.12. The van der Waals surface area contributed by atoms with E-state index in [1.54, 1.807) is 24.3 Å². The van der Waals surface area contributed by atoms with Crippen molar-refractivity contribution in [3.8, 4) is 11.5 Å². The summed E-state index contributed by atoms with van der Waals surface area (Å²) in [5.41, 5.74) is 3.38. The number of nitro groups is 1. The average molecular weight is 328 g/mol. The molecule has 0 aliphatic carbocycles. The van der Waals surface area contributed by atoms with Crippen molar-refractivity contribution in [3.05, 3.63) is 63.2 Å². The van der Waals surface area contributed by atoms with Crippen LogP contribution in [0.2, 0.25) is 0 Å². The number of aryl methyl sites for hydroxylation is 1. The summed E-state index contributed by atoms with van der Waals surface area (Å²) in [5, 5.41) is 26.3. The van der Waals surface area contributed by atoms with Crippen LogP contribution in [-0.4, -0.2) is 24.2 Å². The highest BCUT2D eigenvalue weighted by Crippen LogP contribution is 2.33. The van der Waals surface area contributed by atoms with Crippen molar-refractivity contribution in [2.75, 3.05) is 7.11 Å². The molecule has 0 aliphatic rings. The van der Waals surface area contributed by atoms with Gasteiger partial charge in [-0.2, -0.15) is 5.10 Å². The van der Waals surface area contributed by atoms with Crippen molar-refractivity contribution in [1.82, 2.24) is 5.43 Å². The average Bonchev–Trinajstić information content (AvgIpc) is 2.56. The molecule has 24 heavy (non-hydrogen) atoms. The molecule has 2 rings (SSSR count). The first kappa shape index (κ1) is 16.9. The fourth-order valence-electron chi connectivity index (χ4n) is 1.90. The molecule has 8 nitrogen and oxygen atoms in total. The molecule has 0 spiro atoms. The lowest BCUT2D eigenvalue weighted by atomic mass is 10.1. The maximum Gasteiger partial charge on any atom is 0.271 e. The zero-order valence-electron chi connectivity index (χ0n) is 13.0. The third-order valence-electron chi connectivity index (χ3n) is 3.17. The van der Waals surface area contributed by atoms with Gasteiger partial charge in [0.1, 0.15) is 5.75 Å². The number of rotatable bonds is 5. The lowest BCUT2D eigenvalue weighted by Gasteiger charge is -2.12. The highest BCUT2D eigenvalue weighted by molar-refractivity contribution is 5.95. The molecule has 0 radical (unpaired) electrons. The Balaban J connectivity index is 2.16. The number of nitro benzene ring substituents is 1. The van der Waals surface area contributed by atoms with Gasteiger partial charge in [-0.1, -0.05) is 17.7 Å². The van der Waals surface area contributed by atoms with Crippen LogP contribution >= 0.6 is 0 Å². The SMILES string of the molecule is COc1cc(/C=N\NC(=O)c2ccc(C)cc2)cc([N+](=O)[O-])c1[O-]. The summed E-state index contributed by atoms with van der Waals surface area (Å²) in [6, 6.07) is 9.25. The first-order valence-electron chi connectivity index (χ1n) is 6.86. The predicted octanol–water partition coefficient (Wildman–Crippen LogP) is 1.75. The number of hydrogen-bond donors (Lipinski definition) is 1. The van der Waals surface area contributed by atoms with Gasteiger partial charge in [0, 0.05) is 22.9 Å². The summed E-state index contributed by atoms with van der Waals surface area (Å²) in [5.74, 6) is -1.41. The minimum atomic E-state index is -0.816. The number of amides is 1. The topological polar surface area (TPSA) is 117 Å². The van der Waals surface area contributed by atoms with Gasteiger partial charge in [-0.25, -0.2) is 5.43 Å². The lowest BCUT2D eigenvalue weighted by molar-refractivity contribution is -0.398. The van der Waals surface area contributed by atoms with Gasteiger partial charge in [-0.15, -0.1) is 0 Å². The largest absolute Gasteiger partial charge is 0.865 e. The van der Waals surface area contributed by atoms with Crippen LogP contribution in [-0.2, 0) is 0 Å². The summed E-state index contributed by atoms with van der Waals surface area (Å²) >= 11 is 0. The molecule has 124 valence electrons. The summed E-state index contributed by atoms with van der Waals surface area (Å²) < 4.78 is 4.82. The molecule has 0 bridgehead atoms. The Morgan fingerprint density at radius 2 is 1.96 bits per heavy atom. The van der Waals surface area contributed by atoms with E-state index in [4.69, 9.17) is 4.74 Å². The number of methoxy groups -OCH3 is 1. The van der Waals surface area contributed by atoms with Gasteiger partial charge in [-0.05, 0) is 25.1 Å². The molecule has 1 N–H and O–H groups in total. The van der Waals surface area contributed by atoms with Crippen molar-refractivity contribution in [2.24, 2.45) is 5.10 Å². The summed E-state index contributed by atoms with van der Waals surface area (Å²) in [4.78, 5) is 22.0. The molecule has 0 aromatic heterocycles. The van der Waals surface area contributed by atoms with Crippen LogP contribution in [0.25, 0.3) is 0 Å². The second-order valence-electron chi connectivity index (χ2n) is 4.89. The number of benzene rings is 2. The second kappa shape index (κ2) is 7.23. The molecule has 0 atom stereocenters. The molecule has 0 saturated heterocycles. The van der Waals surface area contributed by atoms with Gasteiger partial charge in [-0.3, -0.25) is 14.9 Å². The van der Waals surface area contributed by atoms with Gasteiger partial charge >= 0.3 is 0 Å². The van der Waals surface area contributed by atoms with E-state index in [0.29, 0.717) is 5.56 Å². The predicted molar refractivity (Wildman–Crippen MR) is 85.3 cm³/mol. The smallest absolute Gasteiger partial charge is 0.271 e. The van der Waals surface area contributed by atoms with Gasteiger partial charge in [0.25, 0.3) is 11.6 Å². The highest BCUT2D eigenvalue weighted by atomic mass is 16.6. The van der Waals surface area contributed by atoms with Crippen molar-refractivity contribution in [2.45, 2.75) is 6.92 Å². The van der Waals surface area contributed by atoms with E-state index in [9.17, 15) is 20.0 Å². The van der Waals surface area contributed by atoms with Crippen molar-refractivity contribution in [3.63, 3.8) is 0 Å². The summed E-state index contributed by atoms with van der Waals surface area (Å²) in [6.45, 7) is 1.90. The van der Waals surface area contributed by atoms with Crippen molar-refractivity contribution < 1.29 is 19.6 Å². The number of nitrogens with zero attached hydrogens (tertiary/aromatic N) is 2. The van der Waals surface area contributed by atoms with Crippen LogP contribution < -0.4 is 15.3 Å². The van der Waals surface area contributed by atoms with Gasteiger partial charge < -0.3 is 9.84 Å². The molecule has 8 heteroatoms. The third kappa shape index (κ3) is 3.86. The molecular weight excluding hydrogens is 314 g/mol. The van der Waals surface area contributed by atoms with E-state index < -0.39 is 22.3 Å². The molecule has 0 aliphatic heterocycles. The van der Waals surface area contributed by atoms with Gasteiger partial charge in [0.15, 0.2) is 0 Å². The van der Waals surface area contributed by atoms with Crippen molar-refractivity contribution >= 4 is 17.8 Å². The molecule has 2 aromatic carbocycles. The summed E-state index contributed by atoms with van der Waals surface area (Å²) in [7, 11) is 1.24. The number of carbonyl (C=O) groups is 1. The molecule has 0 fully saturated rings. The Hall–Kier alpha value is -3.42. The zero-order chi connectivity index (χ0) is 17.7. The number of carbonyl (C=O) groups excluding carboxylic acids is 1. The van der Waals surface area contributed by atoms with Crippen molar-refractivity contribution in [1.29, 1.82) is 0 Å². The summed E-state index contributed by atoms with van der Waals surface area (Å²) in [6.07, 6.45) is 1.20. The van der Waals surface area contributed by atoms with E-state index in [0.717, 1.165) is 11.6 Å². The minimum absolute atomic E-state index is 0.171. The van der Waals surface area contributed by atoms with E-state index >= 15 is 0 Å². The van der Waals surface area contributed by atoms with Crippen LogP contribution in [0.1, 0.15) is 21.5 Å². The van der Waals surface area contributed by atoms with Gasteiger partial charge in [0.05, 0.1) is 18.2 Å². The Morgan fingerprint density at radius 3 is 2.54 bits per heavy atom. The Labute approximate surface area is 137 Å². The van der Waals surface area contributed by atoms with E-state index in [-0.39, 0.29) is 11.3 Å². The first-order valence-corrected chi connectivity index (χ1v) is 6.86. The van der Waals surface area contributed by atoms with Crippen LogP contribution in [0.5, 0.6) is 11.5 Å². The quantitative estimate of drug-likeness (QED) is 0.510. The third-order valence-corrected chi connectivity index (χ3v) is 3.17. The Bertz CT molecular complexity index is 800. The molecule has 2 aromatic rings. The standard InChI is InChI=1S/C16H15N3O5/c1-10-3-5-12(6-4-10)16(21)18-17-9-11-7-13(19(22)23)15(20)14(8-11)24-2/h3-9,20H,1-2H3,(H,18,21)/p-1/b17-9-. The van der Waals surface area contributed by atoms with Crippen LogP contribution in [0.15, 0.2) is 41.5 Å². The Morgan fingerprint density at radius 1 is 1.29 bits per heavy atom. The van der Waals surface area contributed by atoms with E-state index in [2.05, 4.69) is 10.5 Å². The monoisotopic (exact) mass is 328 g/mol.